The Morgan fingerprint density at radius 1 is 0.364 bits per heavy atom. The molecule has 3 radical (unpaired) electrons. The van der Waals surface area contributed by atoms with Gasteiger partial charge in [0.05, 0.1) is 21.4 Å². The van der Waals surface area contributed by atoms with Crippen LogP contribution in [0.4, 0.5) is 39.5 Å². The highest BCUT2D eigenvalue weighted by Gasteiger charge is 2.33. The molecule has 22 heavy (non-hydrogen) atoms. The van der Waals surface area contributed by atoms with Crippen LogP contribution in [0.25, 0.3) is 11.1 Å². The first kappa shape index (κ1) is 16.4. The molecule has 0 saturated carbocycles. The lowest BCUT2D eigenvalue weighted by Crippen LogP contribution is -2.20. The summed E-state index contributed by atoms with van der Waals surface area (Å²) in [6, 6.07) is 0. The topological polar surface area (TPSA) is 0 Å². The molecule has 0 atom stereocenters. The van der Waals surface area contributed by atoms with Crippen molar-refractivity contribution in [1.29, 1.82) is 0 Å². The molecule has 115 valence electrons. The molecule has 0 fully saturated rings. The maximum Gasteiger partial charge on any atom is 0.200 e. The van der Waals surface area contributed by atoms with Gasteiger partial charge in [-0.15, -0.1) is 0 Å². The summed E-state index contributed by atoms with van der Waals surface area (Å²) < 4.78 is 120. The van der Waals surface area contributed by atoms with Crippen LogP contribution in [0.3, 0.4) is 0 Å². The molecular weight excluding hydrogens is 343 g/mol. The quantitative estimate of drug-likeness (QED) is 0.322. The van der Waals surface area contributed by atoms with Gasteiger partial charge in [0.1, 0.15) is 0 Å². The highest BCUT2D eigenvalue weighted by Crippen LogP contribution is 2.35. The third-order valence-corrected chi connectivity index (χ3v) is 3.16. The van der Waals surface area contributed by atoms with Crippen LogP contribution in [-0.2, 0) is 0 Å². The lowest BCUT2D eigenvalue weighted by molar-refractivity contribution is 0.379. The van der Waals surface area contributed by atoms with Crippen LogP contribution in [0.15, 0.2) is 0 Å². The Balaban J connectivity index is 3.03. The van der Waals surface area contributed by atoms with E-state index in [0.29, 0.717) is 0 Å². The lowest BCUT2D eigenvalue weighted by atomic mass is 10.0. The molecule has 0 saturated heterocycles. The third-order valence-electron chi connectivity index (χ3n) is 2.72. The van der Waals surface area contributed by atoms with Crippen molar-refractivity contribution in [2.75, 3.05) is 0 Å². The second-order valence-electron chi connectivity index (χ2n) is 3.95. The van der Waals surface area contributed by atoms with Crippen LogP contribution in [0, 0.1) is 52.4 Å². The SMILES string of the molecule is Fc1c(F)c(F)c(-c2c(F)c(F)c([Si])c(F)c2F)c(F)c1F. The fraction of sp³-hybridized carbons (Fsp3) is 0. The van der Waals surface area contributed by atoms with Crippen LogP contribution >= 0.6 is 0 Å². The van der Waals surface area contributed by atoms with Crippen LogP contribution < -0.4 is 5.19 Å². The van der Waals surface area contributed by atoms with E-state index in [1.54, 1.807) is 0 Å². The zero-order valence-electron chi connectivity index (χ0n) is 9.90. The summed E-state index contributed by atoms with van der Waals surface area (Å²) in [5, 5.41) is -1.34. The van der Waals surface area contributed by atoms with Crippen LogP contribution in [0.1, 0.15) is 0 Å². The summed E-state index contributed by atoms with van der Waals surface area (Å²) in [5.74, 6) is -21.7. The molecule has 0 heterocycles. The summed E-state index contributed by atoms with van der Waals surface area (Å²) >= 11 is 0. The zero-order chi connectivity index (χ0) is 16.9. The average molecular weight is 343 g/mol. The van der Waals surface area contributed by atoms with Crippen molar-refractivity contribution in [2.45, 2.75) is 0 Å². The number of hydrogen-bond donors (Lipinski definition) is 0. The maximum absolute atomic E-state index is 13.6. The molecule has 2 rings (SSSR count). The minimum absolute atomic E-state index is 1.34. The highest BCUT2D eigenvalue weighted by atomic mass is 28.1. The van der Waals surface area contributed by atoms with E-state index in [4.69, 9.17) is 0 Å². The van der Waals surface area contributed by atoms with Crippen molar-refractivity contribution >= 4 is 15.4 Å². The van der Waals surface area contributed by atoms with Gasteiger partial charge in [-0.2, -0.15) is 0 Å². The molecule has 0 N–H and O–H groups in total. The molecule has 0 spiro atoms. The molecule has 0 nitrogen and oxygen atoms in total. The Morgan fingerprint density at radius 3 is 0.909 bits per heavy atom. The van der Waals surface area contributed by atoms with Crippen molar-refractivity contribution in [2.24, 2.45) is 0 Å². The largest absolute Gasteiger partial charge is 0.204 e. The molecule has 0 aliphatic carbocycles. The molecule has 2 aromatic rings. The van der Waals surface area contributed by atoms with Gasteiger partial charge in [0.25, 0.3) is 0 Å². The van der Waals surface area contributed by atoms with Gasteiger partial charge in [-0.3, -0.25) is 0 Å². The van der Waals surface area contributed by atoms with Gasteiger partial charge < -0.3 is 0 Å². The summed E-state index contributed by atoms with van der Waals surface area (Å²) in [7, 11) is 2.20. The normalized spacial score (nSPS) is 11.2. The van der Waals surface area contributed by atoms with E-state index in [9.17, 15) is 39.5 Å². The van der Waals surface area contributed by atoms with E-state index in [-0.39, 0.29) is 0 Å². The average Bonchev–Trinajstić information content (AvgIpc) is 2.50. The van der Waals surface area contributed by atoms with E-state index in [1.165, 1.54) is 0 Å². The highest BCUT2D eigenvalue weighted by molar-refractivity contribution is 6.32. The molecule has 0 aliphatic rings. The molecule has 2 aromatic carbocycles. The second kappa shape index (κ2) is 5.34. The summed E-state index contributed by atoms with van der Waals surface area (Å²) in [5.41, 5.74) is -4.17. The summed E-state index contributed by atoms with van der Waals surface area (Å²) in [6.45, 7) is 0. The van der Waals surface area contributed by atoms with Gasteiger partial charge >= 0.3 is 0 Å². The second-order valence-corrected chi connectivity index (χ2v) is 4.45. The molecule has 10 heteroatoms. The molecule has 0 aliphatic heterocycles. The van der Waals surface area contributed by atoms with Crippen molar-refractivity contribution in [3.05, 3.63) is 52.4 Å². The van der Waals surface area contributed by atoms with E-state index in [2.05, 4.69) is 10.2 Å². The van der Waals surface area contributed by atoms with Crippen LogP contribution in [0.2, 0.25) is 0 Å². The molecule has 0 bridgehead atoms. The first-order chi connectivity index (χ1) is 10.1. The first-order valence-electron chi connectivity index (χ1n) is 5.20. The monoisotopic (exact) mass is 343 g/mol. The molecule has 0 amide bonds. The van der Waals surface area contributed by atoms with Crippen molar-refractivity contribution in [1.82, 2.24) is 0 Å². The van der Waals surface area contributed by atoms with Crippen molar-refractivity contribution < 1.29 is 39.5 Å². The Bertz CT molecular complexity index is 675. The first-order valence-corrected chi connectivity index (χ1v) is 5.70. The van der Waals surface area contributed by atoms with E-state index in [0.717, 1.165) is 0 Å². The Kier molecular flexibility index (Phi) is 3.98. The standard InChI is InChI=1S/C12F9Si/c13-3-1(4(14)8(18)9(19)7(3)17)2-5(15)10(20)12(22)11(21)6(2)16. The fourth-order valence-corrected chi connectivity index (χ4v) is 1.90. The third kappa shape index (κ3) is 2.09. The smallest absolute Gasteiger partial charge is 0.200 e. The number of halogens is 9. The van der Waals surface area contributed by atoms with Gasteiger partial charge in [-0.25, -0.2) is 39.5 Å². The Morgan fingerprint density at radius 2 is 0.591 bits per heavy atom. The van der Waals surface area contributed by atoms with Gasteiger partial charge in [0.15, 0.2) is 46.5 Å². The van der Waals surface area contributed by atoms with Crippen LogP contribution in [0.5, 0.6) is 0 Å². The molecular formula is C12F9Si. The minimum atomic E-state index is -2.60. The number of rotatable bonds is 1. The van der Waals surface area contributed by atoms with Gasteiger partial charge in [0.2, 0.25) is 5.82 Å². The number of hydrogen-bond acceptors (Lipinski definition) is 0. The van der Waals surface area contributed by atoms with Gasteiger partial charge in [-0.1, -0.05) is 0 Å². The lowest BCUT2D eigenvalue weighted by Gasteiger charge is -2.12. The Labute approximate surface area is 119 Å². The van der Waals surface area contributed by atoms with Gasteiger partial charge in [-0.05, 0) is 0 Å². The zero-order valence-corrected chi connectivity index (χ0v) is 10.9. The Hall–Kier alpha value is -1.97. The van der Waals surface area contributed by atoms with Gasteiger partial charge in [0, 0.05) is 5.19 Å². The summed E-state index contributed by atoms with van der Waals surface area (Å²) in [4.78, 5) is 0. The van der Waals surface area contributed by atoms with Crippen molar-refractivity contribution in [3.63, 3.8) is 0 Å². The maximum atomic E-state index is 13.6. The van der Waals surface area contributed by atoms with Crippen molar-refractivity contribution in [3.8, 4) is 11.1 Å². The minimum Gasteiger partial charge on any atom is -0.204 e. The van der Waals surface area contributed by atoms with E-state index < -0.39 is 68.7 Å². The molecule has 0 unspecified atom stereocenters. The predicted molar refractivity (Wildman–Crippen MR) is 56.9 cm³/mol. The summed E-state index contributed by atoms with van der Waals surface area (Å²) in [6.07, 6.45) is 0. The predicted octanol–water partition coefficient (Wildman–Crippen LogP) is 3.40. The fourth-order valence-electron chi connectivity index (χ4n) is 1.68. The van der Waals surface area contributed by atoms with Crippen LogP contribution in [-0.4, -0.2) is 10.2 Å². The molecule has 0 aromatic heterocycles. The van der Waals surface area contributed by atoms with E-state index in [1.807, 2.05) is 0 Å². The number of benzene rings is 2. The van der Waals surface area contributed by atoms with E-state index >= 15 is 0 Å².